The number of benzene rings is 1. The number of halogens is 2. The molecule has 0 saturated heterocycles. The Morgan fingerprint density at radius 1 is 1.27 bits per heavy atom. The maximum absolute atomic E-state index is 12.6. The second-order valence-corrected chi connectivity index (χ2v) is 4.95. The summed E-state index contributed by atoms with van der Waals surface area (Å²) in [5.41, 5.74) is 2.99. The fourth-order valence-electron chi connectivity index (χ4n) is 1.83. The van der Waals surface area contributed by atoms with E-state index in [1.807, 2.05) is 0 Å². The summed E-state index contributed by atoms with van der Waals surface area (Å²) in [7, 11) is 0. The SMILES string of the molecule is O=C(NN=C1C=CC(CF)=CC1C(=O)O)c1ccc(Cl)cc1. The van der Waals surface area contributed by atoms with Crippen molar-refractivity contribution in [1.29, 1.82) is 0 Å². The van der Waals surface area contributed by atoms with Gasteiger partial charge < -0.3 is 5.11 Å². The Morgan fingerprint density at radius 3 is 2.55 bits per heavy atom. The Kier molecular flexibility index (Phi) is 5.06. The zero-order valence-corrected chi connectivity index (χ0v) is 12.0. The van der Waals surface area contributed by atoms with E-state index in [0.29, 0.717) is 10.6 Å². The zero-order valence-electron chi connectivity index (χ0n) is 11.3. The molecule has 1 aromatic rings. The topological polar surface area (TPSA) is 78.8 Å². The molecule has 1 aliphatic rings. The van der Waals surface area contributed by atoms with E-state index >= 15 is 0 Å². The maximum Gasteiger partial charge on any atom is 0.316 e. The molecule has 5 nitrogen and oxygen atoms in total. The summed E-state index contributed by atoms with van der Waals surface area (Å²) in [4.78, 5) is 23.1. The van der Waals surface area contributed by atoms with E-state index in [1.54, 1.807) is 12.1 Å². The van der Waals surface area contributed by atoms with Crippen molar-refractivity contribution >= 4 is 29.2 Å². The van der Waals surface area contributed by atoms with Gasteiger partial charge in [-0.25, -0.2) is 9.82 Å². The Bertz CT molecular complexity index is 681. The van der Waals surface area contributed by atoms with Gasteiger partial charge in [-0.1, -0.05) is 23.8 Å². The van der Waals surface area contributed by atoms with Gasteiger partial charge in [0.05, 0.1) is 5.71 Å². The van der Waals surface area contributed by atoms with E-state index in [9.17, 15) is 14.0 Å². The first kappa shape index (κ1) is 15.9. The number of rotatable bonds is 4. The van der Waals surface area contributed by atoms with Gasteiger partial charge in [-0.05, 0) is 35.9 Å². The summed E-state index contributed by atoms with van der Waals surface area (Å²) in [6, 6.07) is 6.15. The van der Waals surface area contributed by atoms with Crippen LogP contribution in [0.4, 0.5) is 4.39 Å². The van der Waals surface area contributed by atoms with Gasteiger partial charge in [0.2, 0.25) is 0 Å². The fourth-order valence-corrected chi connectivity index (χ4v) is 1.95. The number of alkyl halides is 1. The van der Waals surface area contributed by atoms with Crippen LogP contribution in [0.25, 0.3) is 0 Å². The minimum atomic E-state index is -1.17. The number of carboxylic acid groups (broad SMARTS) is 1. The number of nitrogens with zero attached hydrogens (tertiary/aromatic N) is 1. The summed E-state index contributed by atoms with van der Waals surface area (Å²) in [5, 5.41) is 13.4. The first-order chi connectivity index (χ1) is 10.5. The summed E-state index contributed by atoms with van der Waals surface area (Å²) in [6.45, 7) is -0.759. The number of carboxylic acids is 1. The molecule has 0 spiro atoms. The molecule has 0 aromatic heterocycles. The molecule has 0 bridgehead atoms. The lowest BCUT2D eigenvalue weighted by Gasteiger charge is -2.14. The van der Waals surface area contributed by atoms with E-state index < -0.39 is 24.5 Å². The molecule has 1 unspecified atom stereocenters. The smallest absolute Gasteiger partial charge is 0.316 e. The lowest BCUT2D eigenvalue weighted by atomic mass is 9.95. The van der Waals surface area contributed by atoms with Gasteiger partial charge in [0.15, 0.2) is 0 Å². The predicted octanol–water partition coefficient (Wildman–Crippen LogP) is 2.59. The second kappa shape index (κ2) is 7.00. The zero-order chi connectivity index (χ0) is 16.1. The summed E-state index contributed by atoms with van der Waals surface area (Å²) in [6.07, 6.45) is 4.05. The molecule has 1 aromatic carbocycles. The van der Waals surface area contributed by atoms with E-state index in [1.165, 1.54) is 30.4 Å². The van der Waals surface area contributed by atoms with Crippen LogP contribution in [0.3, 0.4) is 0 Å². The van der Waals surface area contributed by atoms with Crippen LogP contribution in [-0.4, -0.2) is 29.4 Å². The second-order valence-electron chi connectivity index (χ2n) is 4.51. The Balaban J connectivity index is 2.13. The van der Waals surface area contributed by atoms with E-state index in [0.717, 1.165) is 0 Å². The van der Waals surface area contributed by atoms with Crippen molar-refractivity contribution < 1.29 is 19.1 Å². The third-order valence-corrected chi connectivity index (χ3v) is 3.23. The molecule has 0 aliphatic heterocycles. The molecule has 0 saturated carbocycles. The molecular formula is C15H12ClFN2O3. The van der Waals surface area contributed by atoms with Crippen molar-refractivity contribution in [1.82, 2.24) is 5.43 Å². The Hall–Kier alpha value is -2.47. The molecule has 1 aliphatic carbocycles. The molecule has 2 rings (SSSR count). The maximum atomic E-state index is 12.6. The Labute approximate surface area is 130 Å². The Morgan fingerprint density at radius 2 is 1.95 bits per heavy atom. The molecule has 0 fully saturated rings. The molecule has 1 atom stereocenters. The minimum absolute atomic E-state index is 0.118. The van der Waals surface area contributed by atoms with Crippen LogP contribution in [0, 0.1) is 5.92 Å². The van der Waals surface area contributed by atoms with Gasteiger partial charge in [-0.15, -0.1) is 0 Å². The minimum Gasteiger partial charge on any atom is -0.481 e. The summed E-state index contributed by atoms with van der Waals surface area (Å²) in [5.74, 6) is -2.77. The van der Waals surface area contributed by atoms with Crippen molar-refractivity contribution in [3.05, 3.63) is 58.7 Å². The average Bonchev–Trinajstić information content (AvgIpc) is 2.53. The van der Waals surface area contributed by atoms with E-state index in [-0.39, 0.29) is 11.3 Å². The number of hydrazone groups is 1. The van der Waals surface area contributed by atoms with E-state index in [4.69, 9.17) is 16.7 Å². The molecule has 114 valence electrons. The molecule has 2 N–H and O–H groups in total. The molecule has 7 heteroatoms. The monoisotopic (exact) mass is 322 g/mol. The molecule has 0 heterocycles. The fraction of sp³-hybridized carbons (Fsp3) is 0.133. The first-order valence-electron chi connectivity index (χ1n) is 6.32. The highest BCUT2D eigenvalue weighted by Gasteiger charge is 2.23. The third-order valence-electron chi connectivity index (χ3n) is 2.98. The molecule has 0 radical (unpaired) electrons. The van der Waals surface area contributed by atoms with Crippen LogP contribution in [0.1, 0.15) is 10.4 Å². The van der Waals surface area contributed by atoms with Crippen molar-refractivity contribution in [2.45, 2.75) is 0 Å². The lowest BCUT2D eigenvalue weighted by Crippen LogP contribution is -2.27. The normalized spacial score (nSPS) is 18.9. The van der Waals surface area contributed by atoms with Gasteiger partial charge in [0.25, 0.3) is 5.91 Å². The number of amides is 1. The lowest BCUT2D eigenvalue weighted by molar-refractivity contribution is -0.138. The van der Waals surface area contributed by atoms with Crippen LogP contribution in [0.15, 0.2) is 53.2 Å². The van der Waals surface area contributed by atoms with Crippen molar-refractivity contribution in [3.63, 3.8) is 0 Å². The number of hydrogen-bond donors (Lipinski definition) is 2. The number of carbonyl (C=O) groups is 2. The average molecular weight is 323 g/mol. The standard InChI is InChI=1S/C15H12ClFN2O3/c16-11-4-2-10(3-5-11)14(20)19-18-13-6-1-9(8-17)7-12(13)15(21)22/h1-7,12H,8H2,(H,19,20)(H,21,22). The number of aliphatic carboxylic acids is 1. The quantitative estimate of drug-likeness (QED) is 0.836. The summed E-state index contributed by atoms with van der Waals surface area (Å²) >= 11 is 5.73. The summed E-state index contributed by atoms with van der Waals surface area (Å²) < 4.78 is 12.6. The largest absolute Gasteiger partial charge is 0.481 e. The third kappa shape index (κ3) is 3.79. The van der Waals surface area contributed by atoms with Gasteiger partial charge >= 0.3 is 5.97 Å². The number of hydrogen-bond acceptors (Lipinski definition) is 3. The van der Waals surface area contributed by atoms with Crippen LogP contribution in [-0.2, 0) is 4.79 Å². The first-order valence-corrected chi connectivity index (χ1v) is 6.70. The number of allylic oxidation sites excluding steroid dienone is 3. The van der Waals surface area contributed by atoms with Crippen molar-refractivity contribution in [3.8, 4) is 0 Å². The highest BCUT2D eigenvalue weighted by molar-refractivity contribution is 6.30. The van der Waals surface area contributed by atoms with Gasteiger partial charge in [-0.3, -0.25) is 9.59 Å². The number of nitrogens with one attached hydrogen (secondary N) is 1. The molecular weight excluding hydrogens is 311 g/mol. The van der Waals surface area contributed by atoms with Crippen LogP contribution >= 0.6 is 11.6 Å². The number of carbonyl (C=O) groups excluding carboxylic acids is 1. The van der Waals surface area contributed by atoms with Crippen molar-refractivity contribution in [2.24, 2.45) is 11.0 Å². The highest BCUT2D eigenvalue weighted by Crippen LogP contribution is 2.16. The van der Waals surface area contributed by atoms with Crippen LogP contribution in [0.5, 0.6) is 0 Å². The van der Waals surface area contributed by atoms with Gasteiger partial charge in [0, 0.05) is 10.6 Å². The van der Waals surface area contributed by atoms with E-state index in [2.05, 4.69) is 10.5 Å². The van der Waals surface area contributed by atoms with Crippen molar-refractivity contribution in [2.75, 3.05) is 6.67 Å². The molecule has 1 amide bonds. The van der Waals surface area contributed by atoms with Crippen LogP contribution in [0.2, 0.25) is 5.02 Å². The highest BCUT2D eigenvalue weighted by atomic mass is 35.5. The van der Waals surface area contributed by atoms with Crippen LogP contribution < -0.4 is 5.43 Å². The van der Waals surface area contributed by atoms with Gasteiger partial charge in [0.1, 0.15) is 12.6 Å². The molecule has 22 heavy (non-hydrogen) atoms. The van der Waals surface area contributed by atoms with Gasteiger partial charge in [-0.2, -0.15) is 5.10 Å². The predicted molar refractivity (Wildman–Crippen MR) is 80.7 cm³/mol.